The third kappa shape index (κ3) is 2.42. The van der Waals surface area contributed by atoms with Gasteiger partial charge in [-0.3, -0.25) is 4.98 Å². The predicted octanol–water partition coefficient (Wildman–Crippen LogP) is 3.62. The van der Waals surface area contributed by atoms with Crippen molar-refractivity contribution in [3.8, 4) is 0 Å². The molecular weight excluding hydrogens is 306 g/mol. The van der Waals surface area contributed by atoms with Gasteiger partial charge in [0.25, 0.3) is 0 Å². The number of nitrogens with zero attached hydrogens (tertiary/aromatic N) is 5. The fourth-order valence-electron chi connectivity index (χ4n) is 2.92. The molecule has 1 atom stereocenters. The Bertz CT molecular complexity index is 1000. The maximum absolute atomic E-state index is 6.05. The lowest BCUT2D eigenvalue weighted by atomic mass is 10.0. The van der Waals surface area contributed by atoms with Crippen molar-refractivity contribution in [2.24, 2.45) is 0 Å². The molecule has 122 valence electrons. The molecule has 4 rings (SSSR count). The van der Waals surface area contributed by atoms with E-state index >= 15 is 0 Å². The number of fused-ring (bicyclic) bond motifs is 2. The SMILES string of the molecule is CC(C)c1cnnc2cc(CC(C)c3nccc4nnoc34)oc12. The van der Waals surface area contributed by atoms with Crippen LogP contribution >= 0.6 is 0 Å². The van der Waals surface area contributed by atoms with Gasteiger partial charge in [0.2, 0.25) is 5.58 Å². The summed E-state index contributed by atoms with van der Waals surface area (Å²) in [6, 6.07) is 3.73. The summed E-state index contributed by atoms with van der Waals surface area (Å²) >= 11 is 0. The maximum Gasteiger partial charge on any atom is 0.209 e. The van der Waals surface area contributed by atoms with Crippen molar-refractivity contribution in [2.45, 2.75) is 39.0 Å². The van der Waals surface area contributed by atoms with Crippen molar-refractivity contribution in [3.05, 3.63) is 41.5 Å². The Labute approximate surface area is 138 Å². The second kappa shape index (κ2) is 5.67. The molecule has 0 fully saturated rings. The molecule has 4 aromatic rings. The van der Waals surface area contributed by atoms with Crippen LogP contribution < -0.4 is 0 Å². The van der Waals surface area contributed by atoms with Crippen LogP contribution in [-0.2, 0) is 6.42 Å². The van der Waals surface area contributed by atoms with Crippen LogP contribution in [0.3, 0.4) is 0 Å². The minimum atomic E-state index is 0.0967. The fraction of sp³-hybridized carbons (Fsp3) is 0.353. The number of furan rings is 1. The van der Waals surface area contributed by atoms with Gasteiger partial charge in [0.05, 0.1) is 11.9 Å². The monoisotopic (exact) mass is 323 g/mol. The van der Waals surface area contributed by atoms with Crippen molar-refractivity contribution >= 4 is 22.2 Å². The molecular formula is C17H17N5O2. The van der Waals surface area contributed by atoms with Crippen molar-refractivity contribution in [1.29, 1.82) is 0 Å². The van der Waals surface area contributed by atoms with E-state index in [0.29, 0.717) is 23.4 Å². The molecule has 0 saturated carbocycles. The van der Waals surface area contributed by atoms with E-state index in [-0.39, 0.29) is 5.92 Å². The van der Waals surface area contributed by atoms with Gasteiger partial charge in [-0.05, 0) is 12.0 Å². The van der Waals surface area contributed by atoms with Gasteiger partial charge in [0.15, 0.2) is 5.58 Å². The second-order valence-corrected chi connectivity index (χ2v) is 6.30. The normalized spacial score (nSPS) is 13.2. The first-order valence-electron chi connectivity index (χ1n) is 7.94. The standard InChI is InChI=1S/C17H17N5O2/c1-9(2)12-8-19-20-14-7-11(23-16(12)14)6-10(3)15-17-13(4-5-18-15)21-22-24-17/h4-5,7-10H,6H2,1-3H3. The molecule has 0 amide bonds. The summed E-state index contributed by atoms with van der Waals surface area (Å²) in [4.78, 5) is 4.43. The van der Waals surface area contributed by atoms with Crippen LogP contribution in [0.1, 0.15) is 49.6 Å². The molecule has 0 spiro atoms. The molecule has 0 bridgehead atoms. The summed E-state index contributed by atoms with van der Waals surface area (Å²) in [6.45, 7) is 6.30. The van der Waals surface area contributed by atoms with Crippen LogP contribution in [0.25, 0.3) is 22.2 Å². The van der Waals surface area contributed by atoms with Gasteiger partial charge in [-0.2, -0.15) is 5.10 Å². The Kier molecular flexibility index (Phi) is 3.48. The Morgan fingerprint density at radius 3 is 2.79 bits per heavy atom. The lowest BCUT2D eigenvalue weighted by Crippen LogP contribution is -2.00. The first-order valence-corrected chi connectivity index (χ1v) is 7.94. The molecule has 0 aromatic carbocycles. The quantitative estimate of drug-likeness (QED) is 0.566. The smallest absolute Gasteiger partial charge is 0.209 e. The first-order chi connectivity index (χ1) is 11.6. The number of rotatable bonds is 4. The lowest BCUT2D eigenvalue weighted by molar-refractivity contribution is 0.418. The minimum absolute atomic E-state index is 0.0967. The Morgan fingerprint density at radius 1 is 1.08 bits per heavy atom. The van der Waals surface area contributed by atoms with Crippen molar-refractivity contribution < 1.29 is 8.94 Å². The Balaban J connectivity index is 1.69. The lowest BCUT2D eigenvalue weighted by Gasteiger charge is -2.08. The molecule has 0 radical (unpaired) electrons. The molecule has 0 saturated heterocycles. The van der Waals surface area contributed by atoms with E-state index in [1.54, 1.807) is 18.5 Å². The van der Waals surface area contributed by atoms with Gasteiger partial charge in [0, 0.05) is 35.4 Å². The van der Waals surface area contributed by atoms with Crippen LogP contribution in [0, 0.1) is 0 Å². The van der Waals surface area contributed by atoms with Crippen molar-refractivity contribution in [3.63, 3.8) is 0 Å². The highest BCUT2D eigenvalue weighted by Gasteiger charge is 2.19. The van der Waals surface area contributed by atoms with Crippen LogP contribution in [0.15, 0.2) is 33.5 Å². The van der Waals surface area contributed by atoms with E-state index in [4.69, 9.17) is 8.94 Å². The van der Waals surface area contributed by atoms with Crippen LogP contribution in [0.4, 0.5) is 0 Å². The predicted molar refractivity (Wildman–Crippen MR) is 87.6 cm³/mol. The molecule has 1 unspecified atom stereocenters. The summed E-state index contributed by atoms with van der Waals surface area (Å²) in [7, 11) is 0. The van der Waals surface area contributed by atoms with Gasteiger partial charge < -0.3 is 8.94 Å². The molecule has 0 aliphatic carbocycles. The minimum Gasteiger partial charge on any atom is -0.459 e. The number of aromatic nitrogens is 5. The molecule has 0 N–H and O–H groups in total. The zero-order valence-corrected chi connectivity index (χ0v) is 13.7. The van der Waals surface area contributed by atoms with Gasteiger partial charge in [-0.1, -0.05) is 20.8 Å². The maximum atomic E-state index is 6.05. The third-order valence-corrected chi connectivity index (χ3v) is 4.18. The van der Waals surface area contributed by atoms with E-state index in [9.17, 15) is 0 Å². The zero-order chi connectivity index (χ0) is 16.7. The molecule has 0 aliphatic rings. The zero-order valence-electron chi connectivity index (χ0n) is 13.7. The fourth-order valence-corrected chi connectivity index (χ4v) is 2.92. The molecule has 7 heteroatoms. The van der Waals surface area contributed by atoms with E-state index in [1.807, 2.05) is 6.07 Å². The summed E-state index contributed by atoms with van der Waals surface area (Å²) in [5.74, 6) is 1.28. The van der Waals surface area contributed by atoms with Crippen molar-refractivity contribution in [1.82, 2.24) is 25.6 Å². The molecule has 24 heavy (non-hydrogen) atoms. The van der Waals surface area contributed by atoms with E-state index in [2.05, 4.69) is 46.3 Å². The molecule has 7 nitrogen and oxygen atoms in total. The van der Waals surface area contributed by atoms with Crippen LogP contribution in [-0.4, -0.2) is 25.6 Å². The molecule has 0 aliphatic heterocycles. The summed E-state index contributed by atoms with van der Waals surface area (Å²) in [5.41, 5.74) is 4.84. The Morgan fingerprint density at radius 2 is 1.96 bits per heavy atom. The number of hydrogen-bond donors (Lipinski definition) is 0. The second-order valence-electron chi connectivity index (χ2n) is 6.30. The molecule has 4 aromatic heterocycles. The highest BCUT2D eigenvalue weighted by molar-refractivity contribution is 5.77. The van der Waals surface area contributed by atoms with E-state index < -0.39 is 0 Å². The van der Waals surface area contributed by atoms with Crippen molar-refractivity contribution in [2.75, 3.05) is 0 Å². The van der Waals surface area contributed by atoms with Crippen LogP contribution in [0.5, 0.6) is 0 Å². The molecule has 4 heterocycles. The van der Waals surface area contributed by atoms with Gasteiger partial charge >= 0.3 is 0 Å². The highest BCUT2D eigenvalue weighted by Crippen LogP contribution is 2.30. The summed E-state index contributed by atoms with van der Waals surface area (Å²) < 4.78 is 11.3. The highest BCUT2D eigenvalue weighted by atomic mass is 16.5. The average Bonchev–Trinajstić information content (AvgIpc) is 3.19. The Hall–Kier alpha value is -2.83. The first kappa shape index (κ1) is 14.7. The average molecular weight is 323 g/mol. The van der Waals surface area contributed by atoms with E-state index in [0.717, 1.165) is 28.1 Å². The summed E-state index contributed by atoms with van der Waals surface area (Å²) in [6.07, 6.45) is 4.17. The van der Waals surface area contributed by atoms with Gasteiger partial charge in [-0.25, -0.2) is 0 Å². The van der Waals surface area contributed by atoms with E-state index in [1.165, 1.54) is 0 Å². The van der Waals surface area contributed by atoms with Crippen LogP contribution in [0.2, 0.25) is 0 Å². The summed E-state index contributed by atoms with van der Waals surface area (Å²) in [5, 5.41) is 15.8. The van der Waals surface area contributed by atoms with Gasteiger partial charge in [-0.15, -0.1) is 10.2 Å². The largest absolute Gasteiger partial charge is 0.459 e. The third-order valence-electron chi connectivity index (χ3n) is 4.18. The van der Waals surface area contributed by atoms with Gasteiger partial charge in [0.1, 0.15) is 16.8 Å². The number of pyridine rings is 1. The number of hydrogen-bond acceptors (Lipinski definition) is 7. The topological polar surface area (TPSA) is 90.7 Å².